The second-order valence-corrected chi connectivity index (χ2v) is 5.84. The Bertz CT molecular complexity index is 874. The van der Waals surface area contributed by atoms with Gasteiger partial charge in [0.15, 0.2) is 11.5 Å². The molecule has 1 atom stereocenters. The number of aromatic hydroxyl groups is 1. The zero-order valence-corrected chi connectivity index (χ0v) is 14.5. The summed E-state index contributed by atoms with van der Waals surface area (Å²) in [5, 5.41) is 9.64. The third kappa shape index (κ3) is 3.26. The minimum absolute atomic E-state index is 0.0233. The highest BCUT2D eigenvalue weighted by molar-refractivity contribution is 6.09. The number of carbonyl (C=O) groups excluding carboxylic acids is 2. The summed E-state index contributed by atoms with van der Waals surface area (Å²) in [4.78, 5) is 26.3. The summed E-state index contributed by atoms with van der Waals surface area (Å²) in [6.45, 7) is 0. The van der Waals surface area contributed by atoms with Crippen LogP contribution >= 0.6 is 0 Å². The zero-order chi connectivity index (χ0) is 18.7. The van der Waals surface area contributed by atoms with Crippen molar-refractivity contribution in [3.63, 3.8) is 0 Å². The molecular weight excluding hydrogens is 334 g/mol. The number of amides is 1. The number of phenolic OH excluding ortho intramolecular Hbond substituents is 1. The maximum absolute atomic E-state index is 12.8. The number of fused-ring (bicyclic) bond motifs is 1. The molecule has 0 bridgehead atoms. The van der Waals surface area contributed by atoms with Crippen molar-refractivity contribution in [3.8, 4) is 11.5 Å². The van der Waals surface area contributed by atoms with Gasteiger partial charge in [-0.3, -0.25) is 9.69 Å². The molecule has 2 aromatic rings. The normalized spacial score (nSPS) is 15.8. The van der Waals surface area contributed by atoms with Gasteiger partial charge >= 0.3 is 5.97 Å². The molecule has 0 fully saturated rings. The van der Waals surface area contributed by atoms with Gasteiger partial charge in [0.05, 0.1) is 14.2 Å². The maximum Gasteiger partial charge on any atom is 0.329 e. The molecule has 3 rings (SSSR count). The molecule has 1 N–H and O–H groups in total. The molecule has 0 saturated carbocycles. The molecule has 1 heterocycles. The summed E-state index contributed by atoms with van der Waals surface area (Å²) in [6.07, 6.45) is 3.43. The van der Waals surface area contributed by atoms with Crippen LogP contribution in [0.2, 0.25) is 0 Å². The van der Waals surface area contributed by atoms with Crippen LogP contribution in [0, 0.1) is 0 Å². The zero-order valence-electron chi connectivity index (χ0n) is 14.5. The number of benzene rings is 2. The standard InChI is InChI=1S/C20H19NO5/c1-25-18-11-13(7-9-17(18)22)8-10-19(23)21-15-6-4-3-5-14(15)12-16(21)20(24)26-2/h3-11,16,22H,12H2,1-2H3/b10-8+. The van der Waals surface area contributed by atoms with E-state index in [1.165, 1.54) is 31.3 Å². The summed E-state index contributed by atoms with van der Waals surface area (Å²) in [5.41, 5.74) is 2.33. The van der Waals surface area contributed by atoms with E-state index >= 15 is 0 Å². The summed E-state index contributed by atoms with van der Waals surface area (Å²) >= 11 is 0. The van der Waals surface area contributed by atoms with Crippen molar-refractivity contribution < 1.29 is 24.2 Å². The van der Waals surface area contributed by atoms with Gasteiger partial charge in [-0.05, 0) is 35.4 Å². The van der Waals surface area contributed by atoms with Gasteiger partial charge in [-0.1, -0.05) is 24.3 Å². The Morgan fingerprint density at radius 2 is 1.96 bits per heavy atom. The molecule has 0 spiro atoms. The maximum atomic E-state index is 12.8. The lowest BCUT2D eigenvalue weighted by Crippen LogP contribution is -2.42. The predicted molar refractivity (Wildman–Crippen MR) is 97.1 cm³/mol. The number of para-hydroxylation sites is 1. The third-order valence-electron chi connectivity index (χ3n) is 4.31. The van der Waals surface area contributed by atoms with Crippen LogP contribution < -0.4 is 9.64 Å². The van der Waals surface area contributed by atoms with E-state index in [-0.39, 0.29) is 11.7 Å². The van der Waals surface area contributed by atoms with Gasteiger partial charge in [-0.2, -0.15) is 0 Å². The number of anilines is 1. The molecule has 26 heavy (non-hydrogen) atoms. The topological polar surface area (TPSA) is 76.1 Å². The molecule has 6 nitrogen and oxygen atoms in total. The Balaban J connectivity index is 1.88. The fraction of sp³-hybridized carbons (Fsp3) is 0.200. The Hall–Kier alpha value is -3.28. The second kappa shape index (κ2) is 7.31. The van der Waals surface area contributed by atoms with Gasteiger partial charge in [0.1, 0.15) is 6.04 Å². The quantitative estimate of drug-likeness (QED) is 0.675. The minimum Gasteiger partial charge on any atom is -0.504 e. The average Bonchev–Trinajstić information content (AvgIpc) is 3.06. The van der Waals surface area contributed by atoms with E-state index in [0.717, 1.165) is 5.56 Å². The van der Waals surface area contributed by atoms with Crippen LogP contribution in [-0.4, -0.2) is 37.2 Å². The number of hydrogen-bond acceptors (Lipinski definition) is 5. The Morgan fingerprint density at radius 1 is 1.19 bits per heavy atom. The number of nitrogens with zero attached hydrogens (tertiary/aromatic N) is 1. The van der Waals surface area contributed by atoms with Crippen molar-refractivity contribution >= 4 is 23.6 Å². The minimum atomic E-state index is -0.677. The first-order chi connectivity index (χ1) is 12.5. The van der Waals surface area contributed by atoms with Crippen LogP contribution in [0.5, 0.6) is 11.5 Å². The van der Waals surface area contributed by atoms with Crippen LogP contribution in [-0.2, 0) is 20.7 Å². The number of rotatable bonds is 4. The Kier molecular flexibility index (Phi) is 4.93. The van der Waals surface area contributed by atoms with Crippen molar-refractivity contribution in [2.45, 2.75) is 12.5 Å². The first-order valence-corrected chi connectivity index (χ1v) is 8.09. The van der Waals surface area contributed by atoms with Crippen molar-refractivity contribution in [1.82, 2.24) is 0 Å². The van der Waals surface area contributed by atoms with E-state index < -0.39 is 12.0 Å². The molecule has 6 heteroatoms. The van der Waals surface area contributed by atoms with E-state index in [1.54, 1.807) is 18.2 Å². The highest BCUT2D eigenvalue weighted by Gasteiger charge is 2.38. The number of esters is 1. The van der Waals surface area contributed by atoms with Gasteiger partial charge in [0.25, 0.3) is 5.91 Å². The van der Waals surface area contributed by atoms with E-state index in [4.69, 9.17) is 9.47 Å². The van der Waals surface area contributed by atoms with Gasteiger partial charge in [-0.15, -0.1) is 0 Å². The van der Waals surface area contributed by atoms with Crippen molar-refractivity contribution in [2.24, 2.45) is 0 Å². The largest absolute Gasteiger partial charge is 0.504 e. The van der Waals surface area contributed by atoms with E-state index in [9.17, 15) is 14.7 Å². The van der Waals surface area contributed by atoms with E-state index in [2.05, 4.69) is 0 Å². The highest BCUT2D eigenvalue weighted by atomic mass is 16.5. The number of ether oxygens (including phenoxy) is 2. The van der Waals surface area contributed by atoms with Crippen LogP contribution in [0.1, 0.15) is 11.1 Å². The third-order valence-corrected chi connectivity index (χ3v) is 4.31. The molecule has 0 aromatic heterocycles. The van der Waals surface area contributed by atoms with Gasteiger partial charge in [0.2, 0.25) is 0 Å². The fourth-order valence-electron chi connectivity index (χ4n) is 3.03. The molecule has 1 amide bonds. The highest BCUT2D eigenvalue weighted by Crippen LogP contribution is 2.33. The number of methoxy groups -OCH3 is 2. The van der Waals surface area contributed by atoms with Crippen LogP contribution in [0.15, 0.2) is 48.5 Å². The van der Waals surface area contributed by atoms with Crippen molar-refractivity contribution in [3.05, 3.63) is 59.7 Å². The molecule has 0 saturated heterocycles. The number of phenols is 1. The summed E-state index contributed by atoms with van der Waals surface area (Å²) in [5.74, 6) is -0.430. The smallest absolute Gasteiger partial charge is 0.329 e. The van der Waals surface area contributed by atoms with Gasteiger partial charge < -0.3 is 14.6 Å². The number of carbonyl (C=O) groups is 2. The molecule has 134 valence electrons. The molecule has 0 aliphatic carbocycles. The molecule has 1 unspecified atom stereocenters. The fourth-order valence-corrected chi connectivity index (χ4v) is 3.03. The first-order valence-electron chi connectivity index (χ1n) is 8.09. The molecular formula is C20H19NO5. The SMILES string of the molecule is COC(=O)C1Cc2ccccc2N1C(=O)/C=C/c1ccc(O)c(OC)c1. The average molecular weight is 353 g/mol. The van der Waals surface area contributed by atoms with E-state index in [1.807, 2.05) is 24.3 Å². The molecule has 0 radical (unpaired) electrons. The van der Waals surface area contributed by atoms with Crippen molar-refractivity contribution in [1.29, 1.82) is 0 Å². The summed E-state index contributed by atoms with van der Waals surface area (Å²) in [6, 6.07) is 11.5. The molecule has 1 aliphatic rings. The Morgan fingerprint density at radius 3 is 2.69 bits per heavy atom. The molecule has 1 aliphatic heterocycles. The lowest BCUT2D eigenvalue weighted by Gasteiger charge is -2.22. The van der Waals surface area contributed by atoms with E-state index in [0.29, 0.717) is 23.4 Å². The lowest BCUT2D eigenvalue weighted by molar-refractivity contribution is -0.143. The van der Waals surface area contributed by atoms with Crippen molar-refractivity contribution in [2.75, 3.05) is 19.1 Å². The van der Waals surface area contributed by atoms with Crippen LogP contribution in [0.3, 0.4) is 0 Å². The second-order valence-electron chi connectivity index (χ2n) is 5.84. The summed E-state index contributed by atoms with van der Waals surface area (Å²) < 4.78 is 9.91. The van der Waals surface area contributed by atoms with Crippen LogP contribution in [0.4, 0.5) is 5.69 Å². The lowest BCUT2D eigenvalue weighted by atomic mass is 10.1. The Labute approximate surface area is 151 Å². The number of hydrogen-bond donors (Lipinski definition) is 1. The monoisotopic (exact) mass is 353 g/mol. The van der Waals surface area contributed by atoms with Gasteiger partial charge in [0, 0.05) is 18.2 Å². The molecule has 2 aromatic carbocycles. The first kappa shape index (κ1) is 17.5. The predicted octanol–water partition coefficient (Wildman–Crippen LogP) is 2.54. The van der Waals surface area contributed by atoms with Gasteiger partial charge in [-0.25, -0.2) is 4.79 Å². The van der Waals surface area contributed by atoms with Crippen LogP contribution in [0.25, 0.3) is 6.08 Å². The summed E-state index contributed by atoms with van der Waals surface area (Å²) in [7, 11) is 2.77.